The third kappa shape index (κ3) is 5.02. The van der Waals surface area contributed by atoms with Crippen LogP contribution in [0.3, 0.4) is 0 Å². The first kappa shape index (κ1) is 20.1. The Bertz CT molecular complexity index is 1010. The standard InChI is InChI=1S/C24H23NO4/c1-16-12-13-19(14-17(16)2)24(27)29-22(18-8-5-4-6-9-18)23(26)25-20-10-7-11-21(15-20)28-3/h4-15,22H,1-3H3,(H,25,26)/t22-/m1/s1. The minimum atomic E-state index is -1.09. The number of esters is 1. The molecule has 1 N–H and O–H groups in total. The summed E-state index contributed by atoms with van der Waals surface area (Å²) in [6.07, 6.45) is -1.09. The van der Waals surface area contributed by atoms with E-state index in [4.69, 9.17) is 9.47 Å². The lowest BCUT2D eigenvalue weighted by Crippen LogP contribution is -2.26. The Balaban J connectivity index is 1.85. The molecule has 0 aromatic heterocycles. The van der Waals surface area contributed by atoms with Crippen LogP contribution in [0.2, 0.25) is 0 Å². The molecule has 5 nitrogen and oxygen atoms in total. The van der Waals surface area contributed by atoms with Gasteiger partial charge in [-0.3, -0.25) is 4.79 Å². The van der Waals surface area contributed by atoms with E-state index >= 15 is 0 Å². The quantitative estimate of drug-likeness (QED) is 0.612. The topological polar surface area (TPSA) is 64.6 Å². The fourth-order valence-electron chi connectivity index (χ4n) is 2.85. The summed E-state index contributed by atoms with van der Waals surface area (Å²) < 4.78 is 10.8. The summed E-state index contributed by atoms with van der Waals surface area (Å²) in [5, 5.41) is 2.80. The summed E-state index contributed by atoms with van der Waals surface area (Å²) in [5.74, 6) is -0.379. The second-order valence-electron chi connectivity index (χ2n) is 6.72. The fraction of sp³-hybridized carbons (Fsp3) is 0.167. The average Bonchev–Trinajstić information content (AvgIpc) is 2.74. The molecule has 0 aliphatic rings. The third-order valence-corrected chi connectivity index (χ3v) is 4.65. The molecule has 3 rings (SSSR count). The van der Waals surface area contributed by atoms with Crippen LogP contribution < -0.4 is 10.1 Å². The molecular formula is C24H23NO4. The summed E-state index contributed by atoms with van der Waals surface area (Å²) in [6, 6.07) is 21.3. The molecule has 5 heteroatoms. The first-order valence-corrected chi connectivity index (χ1v) is 9.26. The predicted molar refractivity (Wildman–Crippen MR) is 112 cm³/mol. The highest BCUT2D eigenvalue weighted by Gasteiger charge is 2.26. The van der Waals surface area contributed by atoms with Crippen LogP contribution in [0.4, 0.5) is 5.69 Å². The van der Waals surface area contributed by atoms with Crippen LogP contribution in [-0.2, 0) is 9.53 Å². The summed E-state index contributed by atoms with van der Waals surface area (Å²) in [6.45, 7) is 3.90. The zero-order valence-corrected chi connectivity index (χ0v) is 16.6. The maximum atomic E-state index is 13.0. The van der Waals surface area contributed by atoms with E-state index in [9.17, 15) is 9.59 Å². The van der Waals surface area contributed by atoms with Crippen LogP contribution in [0, 0.1) is 13.8 Å². The van der Waals surface area contributed by atoms with Gasteiger partial charge in [-0.1, -0.05) is 42.5 Å². The number of methoxy groups -OCH3 is 1. The first-order valence-electron chi connectivity index (χ1n) is 9.26. The normalized spacial score (nSPS) is 11.4. The Hall–Kier alpha value is -3.60. The molecule has 0 saturated heterocycles. The summed E-state index contributed by atoms with van der Waals surface area (Å²) >= 11 is 0. The second kappa shape index (κ2) is 9.06. The van der Waals surface area contributed by atoms with Gasteiger partial charge in [-0.2, -0.15) is 0 Å². The van der Waals surface area contributed by atoms with Gasteiger partial charge in [-0.15, -0.1) is 0 Å². The SMILES string of the molecule is COc1cccc(NC(=O)[C@H](OC(=O)c2ccc(C)c(C)c2)c2ccccc2)c1. The van der Waals surface area contributed by atoms with Crippen molar-refractivity contribution in [3.8, 4) is 5.75 Å². The molecule has 0 unspecified atom stereocenters. The van der Waals surface area contributed by atoms with Crippen molar-refractivity contribution in [1.29, 1.82) is 0 Å². The lowest BCUT2D eigenvalue weighted by molar-refractivity contribution is -0.125. The van der Waals surface area contributed by atoms with E-state index in [2.05, 4.69) is 5.32 Å². The lowest BCUT2D eigenvalue weighted by Gasteiger charge is -2.18. The number of aryl methyl sites for hydroxylation is 2. The van der Waals surface area contributed by atoms with Crippen molar-refractivity contribution < 1.29 is 19.1 Å². The number of hydrogen-bond donors (Lipinski definition) is 1. The third-order valence-electron chi connectivity index (χ3n) is 4.65. The van der Waals surface area contributed by atoms with Gasteiger partial charge < -0.3 is 14.8 Å². The van der Waals surface area contributed by atoms with Crippen molar-refractivity contribution in [3.05, 3.63) is 95.1 Å². The maximum Gasteiger partial charge on any atom is 0.339 e. The van der Waals surface area contributed by atoms with Crippen molar-refractivity contribution in [1.82, 2.24) is 0 Å². The molecule has 0 heterocycles. The van der Waals surface area contributed by atoms with Crippen molar-refractivity contribution in [2.45, 2.75) is 20.0 Å². The fourth-order valence-corrected chi connectivity index (χ4v) is 2.85. The van der Waals surface area contributed by atoms with Gasteiger partial charge >= 0.3 is 5.97 Å². The highest BCUT2D eigenvalue weighted by Crippen LogP contribution is 2.24. The summed E-state index contributed by atoms with van der Waals surface area (Å²) in [7, 11) is 1.55. The van der Waals surface area contributed by atoms with E-state index in [0.717, 1.165) is 11.1 Å². The van der Waals surface area contributed by atoms with Gasteiger partial charge in [0.25, 0.3) is 5.91 Å². The number of carbonyl (C=O) groups excluding carboxylic acids is 2. The van der Waals surface area contributed by atoms with E-state index in [1.807, 2.05) is 26.0 Å². The molecule has 1 atom stereocenters. The molecule has 29 heavy (non-hydrogen) atoms. The van der Waals surface area contributed by atoms with Crippen LogP contribution >= 0.6 is 0 Å². The minimum absolute atomic E-state index is 0.406. The number of benzene rings is 3. The first-order chi connectivity index (χ1) is 14.0. The highest BCUT2D eigenvalue weighted by atomic mass is 16.5. The Morgan fingerprint density at radius 3 is 2.31 bits per heavy atom. The van der Waals surface area contributed by atoms with Crippen molar-refractivity contribution in [2.24, 2.45) is 0 Å². The van der Waals surface area contributed by atoms with Gasteiger partial charge in [0.2, 0.25) is 6.10 Å². The smallest absolute Gasteiger partial charge is 0.339 e. The van der Waals surface area contributed by atoms with Gasteiger partial charge in [0.15, 0.2) is 0 Å². The van der Waals surface area contributed by atoms with E-state index in [0.29, 0.717) is 22.6 Å². The zero-order valence-electron chi connectivity index (χ0n) is 16.6. The number of carbonyl (C=O) groups is 2. The van der Waals surface area contributed by atoms with E-state index in [-0.39, 0.29) is 0 Å². The zero-order chi connectivity index (χ0) is 20.8. The summed E-state index contributed by atoms with van der Waals surface area (Å²) in [5.41, 5.74) is 3.61. The number of ether oxygens (including phenoxy) is 2. The van der Waals surface area contributed by atoms with Crippen molar-refractivity contribution in [3.63, 3.8) is 0 Å². The average molecular weight is 389 g/mol. The number of rotatable bonds is 6. The Morgan fingerprint density at radius 2 is 1.62 bits per heavy atom. The lowest BCUT2D eigenvalue weighted by atomic mass is 10.1. The van der Waals surface area contributed by atoms with E-state index < -0.39 is 18.0 Å². The van der Waals surface area contributed by atoms with E-state index in [1.54, 1.807) is 67.8 Å². The molecule has 0 bridgehead atoms. The van der Waals surface area contributed by atoms with Crippen molar-refractivity contribution in [2.75, 3.05) is 12.4 Å². The Morgan fingerprint density at radius 1 is 0.862 bits per heavy atom. The molecule has 1 amide bonds. The minimum Gasteiger partial charge on any atom is -0.497 e. The number of amides is 1. The van der Waals surface area contributed by atoms with Crippen LogP contribution in [0.1, 0.15) is 33.2 Å². The van der Waals surface area contributed by atoms with Crippen LogP contribution in [-0.4, -0.2) is 19.0 Å². The monoisotopic (exact) mass is 389 g/mol. The van der Waals surface area contributed by atoms with Crippen LogP contribution in [0.5, 0.6) is 5.75 Å². The molecule has 0 aliphatic heterocycles. The van der Waals surface area contributed by atoms with Gasteiger partial charge in [-0.05, 0) is 49.2 Å². The molecular weight excluding hydrogens is 366 g/mol. The van der Waals surface area contributed by atoms with Gasteiger partial charge in [0.1, 0.15) is 5.75 Å². The predicted octanol–water partition coefficient (Wildman–Crippen LogP) is 4.85. The number of nitrogens with one attached hydrogen (secondary N) is 1. The van der Waals surface area contributed by atoms with Gasteiger partial charge in [0, 0.05) is 17.3 Å². The molecule has 0 radical (unpaired) electrons. The molecule has 0 saturated carbocycles. The number of anilines is 1. The van der Waals surface area contributed by atoms with Crippen molar-refractivity contribution >= 4 is 17.6 Å². The number of hydrogen-bond acceptors (Lipinski definition) is 4. The Kier molecular flexibility index (Phi) is 6.29. The molecule has 148 valence electrons. The molecule has 3 aromatic carbocycles. The second-order valence-corrected chi connectivity index (χ2v) is 6.72. The molecule has 3 aromatic rings. The highest BCUT2D eigenvalue weighted by molar-refractivity contribution is 5.98. The van der Waals surface area contributed by atoms with Gasteiger partial charge in [-0.25, -0.2) is 4.79 Å². The van der Waals surface area contributed by atoms with Gasteiger partial charge in [0.05, 0.1) is 12.7 Å². The Labute approximate surface area is 170 Å². The molecule has 0 aliphatic carbocycles. The largest absolute Gasteiger partial charge is 0.497 e. The summed E-state index contributed by atoms with van der Waals surface area (Å²) in [4.78, 5) is 25.7. The maximum absolute atomic E-state index is 13.0. The van der Waals surface area contributed by atoms with Crippen LogP contribution in [0.25, 0.3) is 0 Å². The van der Waals surface area contributed by atoms with Crippen LogP contribution in [0.15, 0.2) is 72.8 Å². The molecule has 0 spiro atoms. The molecule has 0 fully saturated rings. The van der Waals surface area contributed by atoms with E-state index in [1.165, 1.54) is 0 Å².